The Bertz CT molecular complexity index is 1160. The van der Waals surface area contributed by atoms with Crippen LogP contribution in [0.25, 0.3) is 5.69 Å². The second-order valence-electron chi connectivity index (χ2n) is 6.13. The van der Waals surface area contributed by atoms with Gasteiger partial charge in [0.25, 0.3) is 0 Å². The molecule has 0 unspecified atom stereocenters. The summed E-state index contributed by atoms with van der Waals surface area (Å²) in [6.45, 7) is 0. The van der Waals surface area contributed by atoms with Gasteiger partial charge in [-0.05, 0) is 30.3 Å². The molecule has 0 atom stereocenters. The van der Waals surface area contributed by atoms with E-state index >= 15 is 0 Å². The highest BCUT2D eigenvalue weighted by atomic mass is 35.5. The minimum Gasteiger partial charge on any atom is -0.493 e. The molecule has 7 nitrogen and oxygen atoms in total. The van der Waals surface area contributed by atoms with Crippen LogP contribution in [0.3, 0.4) is 0 Å². The van der Waals surface area contributed by atoms with Gasteiger partial charge < -0.3 is 24.5 Å². The Morgan fingerprint density at radius 2 is 1.70 bits per heavy atom. The number of ether oxygens (including phenoxy) is 3. The summed E-state index contributed by atoms with van der Waals surface area (Å²) in [5.41, 5.74) is 7.06. The van der Waals surface area contributed by atoms with Crippen LogP contribution >= 0.6 is 23.2 Å². The molecule has 3 rings (SSSR count). The Morgan fingerprint density at radius 3 is 2.20 bits per heavy atom. The van der Waals surface area contributed by atoms with E-state index in [-0.39, 0.29) is 22.5 Å². The molecule has 154 valence electrons. The topological polar surface area (TPSA) is 99.5 Å². The molecular formula is C21H17Cl2N3O4. The minimum absolute atomic E-state index is 0.0299. The molecular weight excluding hydrogens is 429 g/mol. The van der Waals surface area contributed by atoms with Crippen molar-refractivity contribution in [1.82, 2.24) is 4.57 Å². The Kier molecular flexibility index (Phi) is 6.11. The number of rotatable bonds is 6. The number of halogens is 2. The summed E-state index contributed by atoms with van der Waals surface area (Å²) in [5.74, 6) is 0.501. The van der Waals surface area contributed by atoms with Crippen molar-refractivity contribution < 1.29 is 19.0 Å². The molecule has 0 aliphatic heterocycles. The van der Waals surface area contributed by atoms with Gasteiger partial charge in [-0.2, -0.15) is 5.26 Å². The third kappa shape index (κ3) is 3.63. The van der Waals surface area contributed by atoms with Gasteiger partial charge in [0.05, 0.1) is 43.3 Å². The van der Waals surface area contributed by atoms with Crippen LogP contribution in [0.15, 0.2) is 36.5 Å². The lowest BCUT2D eigenvalue weighted by Crippen LogP contribution is -2.12. The van der Waals surface area contributed by atoms with Crippen molar-refractivity contribution in [2.24, 2.45) is 0 Å². The van der Waals surface area contributed by atoms with E-state index in [1.54, 1.807) is 12.1 Å². The van der Waals surface area contributed by atoms with Gasteiger partial charge in [-0.25, -0.2) is 0 Å². The van der Waals surface area contributed by atoms with Crippen LogP contribution in [0.1, 0.15) is 21.6 Å². The highest BCUT2D eigenvalue weighted by Crippen LogP contribution is 2.39. The number of nitrogen functional groups attached to an aromatic ring is 1. The first-order chi connectivity index (χ1) is 14.4. The predicted octanol–water partition coefficient (Wildman–Crippen LogP) is 4.49. The SMILES string of the molecule is COc1cc(C(=O)c2c(N)c(C#N)cn2-c2ccc(Cl)cc2Cl)cc(OC)c1OC. The first kappa shape index (κ1) is 21.4. The van der Waals surface area contributed by atoms with E-state index in [1.165, 1.54) is 50.3 Å². The molecule has 0 amide bonds. The molecule has 0 radical (unpaired) electrons. The lowest BCUT2D eigenvalue weighted by molar-refractivity contribution is 0.103. The molecule has 0 bridgehead atoms. The Balaban J connectivity index is 2.25. The maximum absolute atomic E-state index is 13.5. The van der Waals surface area contributed by atoms with E-state index in [0.717, 1.165) is 0 Å². The number of anilines is 1. The summed E-state index contributed by atoms with van der Waals surface area (Å²) in [7, 11) is 4.36. The van der Waals surface area contributed by atoms with E-state index in [9.17, 15) is 10.1 Å². The molecule has 0 aliphatic rings. The molecule has 0 spiro atoms. The second kappa shape index (κ2) is 8.57. The summed E-state index contributed by atoms with van der Waals surface area (Å²) >= 11 is 12.3. The standard InChI is InChI=1S/C21H17Cl2N3O4/c1-28-16-6-11(7-17(29-2)21(16)30-3)20(27)19-18(25)12(9-24)10-26(19)15-5-4-13(22)8-14(15)23/h4-8,10H,25H2,1-3H3. The van der Waals surface area contributed by atoms with Crippen molar-refractivity contribution in [2.45, 2.75) is 0 Å². The smallest absolute Gasteiger partial charge is 0.212 e. The van der Waals surface area contributed by atoms with E-state index in [1.807, 2.05) is 6.07 Å². The first-order valence-electron chi connectivity index (χ1n) is 8.57. The van der Waals surface area contributed by atoms with Gasteiger partial charge in [-0.3, -0.25) is 4.79 Å². The number of hydrogen-bond acceptors (Lipinski definition) is 6. The molecule has 2 N–H and O–H groups in total. The third-order valence-electron chi connectivity index (χ3n) is 4.48. The number of carbonyl (C=O) groups is 1. The van der Waals surface area contributed by atoms with Crippen LogP contribution < -0.4 is 19.9 Å². The zero-order valence-corrected chi connectivity index (χ0v) is 17.8. The quantitative estimate of drug-likeness (QED) is 0.560. The van der Waals surface area contributed by atoms with Crippen molar-refractivity contribution in [3.8, 4) is 29.0 Å². The monoisotopic (exact) mass is 445 g/mol. The van der Waals surface area contributed by atoms with Crippen LogP contribution in [0.5, 0.6) is 17.2 Å². The molecule has 0 saturated heterocycles. The number of carbonyl (C=O) groups excluding carboxylic acids is 1. The molecule has 30 heavy (non-hydrogen) atoms. The van der Waals surface area contributed by atoms with Crippen LogP contribution in [0.2, 0.25) is 10.0 Å². The first-order valence-corrected chi connectivity index (χ1v) is 9.32. The van der Waals surface area contributed by atoms with Gasteiger partial charge in [0.1, 0.15) is 11.8 Å². The molecule has 3 aromatic rings. The summed E-state index contributed by atoms with van der Waals surface area (Å²) < 4.78 is 17.4. The molecule has 1 aromatic heterocycles. The van der Waals surface area contributed by atoms with Crippen molar-refractivity contribution in [2.75, 3.05) is 27.1 Å². The largest absolute Gasteiger partial charge is 0.493 e. The number of nitriles is 1. The van der Waals surface area contributed by atoms with Gasteiger partial charge in [0.15, 0.2) is 11.5 Å². The second-order valence-corrected chi connectivity index (χ2v) is 6.97. The van der Waals surface area contributed by atoms with Gasteiger partial charge in [-0.15, -0.1) is 0 Å². The van der Waals surface area contributed by atoms with E-state index < -0.39 is 5.78 Å². The molecule has 2 aromatic carbocycles. The number of aromatic nitrogens is 1. The molecule has 0 aliphatic carbocycles. The Labute approximate surface area is 183 Å². The highest BCUT2D eigenvalue weighted by Gasteiger charge is 2.25. The summed E-state index contributed by atoms with van der Waals surface area (Å²) in [5, 5.41) is 10.2. The zero-order chi connectivity index (χ0) is 22.0. The molecule has 1 heterocycles. The number of hydrogen-bond donors (Lipinski definition) is 1. The highest BCUT2D eigenvalue weighted by molar-refractivity contribution is 6.35. The fraction of sp³-hybridized carbons (Fsp3) is 0.143. The fourth-order valence-electron chi connectivity index (χ4n) is 3.06. The molecule has 9 heteroatoms. The van der Waals surface area contributed by atoms with Crippen LogP contribution in [0.4, 0.5) is 5.69 Å². The minimum atomic E-state index is -0.459. The number of ketones is 1. The summed E-state index contributed by atoms with van der Waals surface area (Å²) in [4.78, 5) is 13.5. The number of methoxy groups -OCH3 is 3. The van der Waals surface area contributed by atoms with Crippen LogP contribution in [-0.4, -0.2) is 31.7 Å². The van der Waals surface area contributed by atoms with Crippen molar-refractivity contribution in [3.05, 3.63) is 63.4 Å². The van der Waals surface area contributed by atoms with Crippen LogP contribution in [-0.2, 0) is 0 Å². The molecule has 0 saturated carbocycles. The zero-order valence-electron chi connectivity index (χ0n) is 16.3. The fourth-order valence-corrected chi connectivity index (χ4v) is 3.56. The van der Waals surface area contributed by atoms with E-state index in [2.05, 4.69) is 0 Å². The maximum atomic E-state index is 13.5. The Morgan fingerprint density at radius 1 is 1.07 bits per heavy atom. The molecule has 0 fully saturated rings. The average molecular weight is 446 g/mol. The van der Waals surface area contributed by atoms with Gasteiger partial charge in [0, 0.05) is 16.8 Å². The number of nitrogens with zero attached hydrogens (tertiary/aromatic N) is 2. The van der Waals surface area contributed by atoms with Crippen molar-refractivity contribution >= 4 is 34.7 Å². The lowest BCUT2D eigenvalue weighted by Gasteiger charge is -2.15. The van der Waals surface area contributed by atoms with E-state index in [4.69, 9.17) is 43.1 Å². The third-order valence-corrected chi connectivity index (χ3v) is 5.01. The van der Waals surface area contributed by atoms with Gasteiger partial charge in [-0.1, -0.05) is 23.2 Å². The number of benzene rings is 2. The van der Waals surface area contributed by atoms with E-state index in [0.29, 0.717) is 33.0 Å². The predicted molar refractivity (Wildman–Crippen MR) is 114 cm³/mol. The van der Waals surface area contributed by atoms with Gasteiger partial charge in [0.2, 0.25) is 11.5 Å². The Hall–Kier alpha value is -3.34. The van der Waals surface area contributed by atoms with Crippen molar-refractivity contribution in [1.29, 1.82) is 5.26 Å². The summed E-state index contributed by atoms with van der Waals surface area (Å²) in [6, 6.07) is 9.81. The average Bonchev–Trinajstić information content (AvgIpc) is 3.07. The summed E-state index contributed by atoms with van der Waals surface area (Å²) in [6.07, 6.45) is 1.45. The van der Waals surface area contributed by atoms with Gasteiger partial charge >= 0.3 is 0 Å². The van der Waals surface area contributed by atoms with Crippen LogP contribution in [0, 0.1) is 11.3 Å². The number of nitrogens with two attached hydrogens (primary N) is 1. The van der Waals surface area contributed by atoms with Crippen molar-refractivity contribution in [3.63, 3.8) is 0 Å². The lowest BCUT2D eigenvalue weighted by atomic mass is 10.0. The maximum Gasteiger partial charge on any atom is 0.212 e. The normalized spacial score (nSPS) is 10.4.